The smallest absolute Gasteiger partial charge is 0.249 e. The molecule has 0 spiro atoms. The van der Waals surface area contributed by atoms with E-state index in [9.17, 15) is 4.79 Å². The second-order valence-electron chi connectivity index (χ2n) is 6.28. The van der Waals surface area contributed by atoms with Crippen LogP contribution in [-0.4, -0.2) is 30.1 Å². The molecular formula is C17H24N4O2. The molecule has 1 aromatic heterocycles. The van der Waals surface area contributed by atoms with Crippen molar-refractivity contribution in [3.8, 4) is 11.4 Å². The van der Waals surface area contributed by atoms with Gasteiger partial charge in [0.05, 0.1) is 0 Å². The van der Waals surface area contributed by atoms with Crippen molar-refractivity contribution in [2.24, 2.45) is 5.92 Å². The second kappa shape index (κ2) is 7.26. The largest absolute Gasteiger partial charge is 0.378 e. The topological polar surface area (TPSA) is 71.3 Å². The fourth-order valence-corrected chi connectivity index (χ4v) is 2.17. The van der Waals surface area contributed by atoms with Crippen LogP contribution in [0.15, 0.2) is 28.8 Å². The Labute approximate surface area is 136 Å². The van der Waals surface area contributed by atoms with Crippen LogP contribution in [0.3, 0.4) is 0 Å². The third-order valence-corrected chi connectivity index (χ3v) is 3.43. The van der Waals surface area contributed by atoms with Crippen LogP contribution in [0.5, 0.6) is 0 Å². The van der Waals surface area contributed by atoms with Crippen molar-refractivity contribution < 1.29 is 9.32 Å². The predicted molar refractivity (Wildman–Crippen MR) is 90.1 cm³/mol. The van der Waals surface area contributed by atoms with Crippen molar-refractivity contribution in [1.29, 1.82) is 0 Å². The fourth-order valence-electron chi connectivity index (χ4n) is 2.17. The van der Waals surface area contributed by atoms with Crippen LogP contribution in [0.4, 0.5) is 5.69 Å². The number of anilines is 1. The van der Waals surface area contributed by atoms with E-state index in [0.717, 1.165) is 11.3 Å². The average molecular weight is 316 g/mol. The molecule has 23 heavy (non-hydrogen) atoms. The second-order valence-corrected chi connectivity index (χ2v) is 6.28. The summed E-state index contributed by atoms with van der Waals surface area (Å²) in [6.07, 6.45) is 0.483. The number of aromatic nitrogens is 2. The van der Waals surface area contributed by atoms with Gasteiger partial charge in [-0.3, -0.25) is 4.79 Å². The number of hydrogen-bond donors (Lipinski definition) is 1. The minimum atomic E-state index is -0.302. The van der Waals surface area contributed by atoms with Gasteiger partial charge in [0, 0.05) is 31.8 Å². The molecule has 1 atom stereocenters. The third kappa shape index (κ3) is 4.55. The van der Waals surface area contributed by atoms with Gasteiger partial charge in [0.15, 0.2) is 0 Å². The van der Waals surface area contributed by atoms with Gasteiger partial charge >= 0.3 is 0 Å². The molecule has 0 radical (unpaired) electrons. The van der Waals surface area contributed by atoms with Crippen molar-refractivity contribution >= 4 is 11.6 Å². The number of nitrogens with one attached hydrogen (secondary N) is 1. The number of rotatable bonds is 6. The van der Waals surface area contributed by atoms with E-state index in [2.05, 4.69) is 15.5 Å². The zero-order chi connectivity index (χ0) is 17.0. The molecule has 2 aromatic rings. The Morgan fingerprint density at radius 1 is 1.22 bits per heavy atom. The molecule has 0 aliphatic carbocycles. The van der Waals surface area contributed by atoms with E-state index < -0.39 is 0 Å². The number of benzene rings is 1. The molecule has 0 aliphatic rings. The lowest BCUT2D eigenvalue weighted by Crippen LogP contribution is -2.27. The summed E-state index contributed by atoms with van der Waals surface area (Å²) in [5.74, 6) is 1.24. The summed E-state index contributed by atoms with van der Waals surface area (Å²) in [5.41, 5.74) is 1.98. The molecule has 1 heterocycles. The summed E-state index contributed by atoms with van der Waals surface area (Å²) in [7, 11) is 3.98. The Hall–Kier alpha value is -2.37. The van der Waals surface area contributed by atoms with E-state index in [0.29, 0.717) is 24.1 Å². The summed E-state index contributed by atoms with van der Waals surface area (Å²) >= 11 is 0. The molecule has 124 valence electrons. The van der Waals surface area contributed by atoms with E-state index in [1.165, 1.54) is 0 Å². The highest BCUT2D eigenvalue weighted by molar-refractivity contribution is 5.76. The van der Waals surface area contributed by atoms with E-state index in [1.807, 2.05) is 64.0 Å². The first-order chi connectivity index (χ1) is 10.9. The van der Waals surface area contributed by atoms with Crippen molar-refractivity contribution in [1.82, 2.24) is 15.5 Å². The number of nitrogens with zero attached hydrogens (tertiary/aromatic N) is 3. The summed E-state index contributed by atoms with van der Waals surface area (Å²) in [5, 5.41) is 6.87. The number of hydrogen-bond acceptors (Lipinski definition) is 5. The Morgan fingerprint density at radius 3 is 2.43 bits per heavy atom. The molecule has 0 saturated heterocycles. The Morgan fingerprint density at radius 2 is 1.87 bits per heavy atom. The van der Waals surface area contributed by atoms with Crippen LogP contribution in [0.25, 0.3) is 11.4 Å². The van der Waals surface area contributed by atoms with Gasteiger partial charge in [-0.2, -0.15) is 4.98 Å². The molecule has 0 saturated carbocycles. The standard InChI is InChI=1S/C17H24N4O2/c1-11(2)10-15(22)18-12(3)17-19-16(20-23-17)13-6-8-14(9-7-13)21(4)5/h6-9,11-12H,10H2,1-5H3,(H,18,22)/t12-/m1/s1. The molecule has 0 unspecified atom stereocenters. The summed E-state index contributed by atoms with van der Waals surface area (Å²) in [6, 6.07) is 7.60. The van der Waals surface area contributed by atoms with Crippen molar-refractivity contribution in [3.05, 3.63) is 30.2 Å². The van der Waals surface area contributed by atoms with Gasteiger partial charge in [-0.1, -0.05) is 19.0 Å². The lowest BCUT2D eigenvalue weighted by atomic mass is 10.1. The Balaban J connectivity index is 2.06. The van der Waals surface area contributed by atoms with Crippen molar-refractivity contribution in [2.45, 2.75) is 33.2 Å². The van der Waals surface area contributed by atoms with Crippen LogP contribution in [0, 0.1) is 5.92 Å². The molecule has 0 aliphatic heterocycles. The van der Waals surface area contributed by atoms with Crippen molar-refractivity contribution in [3.63, 3.8) is 0 Å². The van der Waals surface area contributed by atoms with Crippen LogP contribution >= 0.6 is 0 Å². The molecule has 2 rings (SSSR count). The lowest BCUT2D eigenvalue weighted by Gasteiger charge is -2.11. The maximum Gasteiger partial charge on any atom is 0.249 e. The highest BCUT2D eigenvalue weighted by Crippen LogP contribution is 2.21. The van der Waals surface area contributed by atoms with Gasteiger partial charge in [0.2, 0.25) is 17.6 Å². The zero-order valence-corrected chi connectivity index (χ0v) is 14.3. The normalized spacial score (nSPS) is 12.3. The molecule has 0 bridgehead atoms. The van der Waals surface area contributed by atoms with Gasteiger partial charge in [-0.05, 0) is 37.1 Å². The fraction of sp³-hybridized carbons (Fsp3) is 0.471. The summed E-state index contributed by atoms with van der Waals surface area (Å²) in [6.45, 7) is 5.85. The zero-order valence-electron chi connectivity index (χ0n) is 14.3. The first-order valence-electron chi connectivity index (χ1n) is 7.77. The minimum Gasteiger partial charge on any atom is -0.378 e. The number of carbonyl (C=O) groups is 1. The third-order valence-electron chi connectivity index (χ3n) is 3.43. The van der Waals surface area contributed by atoms with Gasteiger partial charge in [0.25, 0.3) is 0 Å². The number of amides is 1. The number of carbonyl (C=O) groups excluding carboxylic acids is 1. The Bertz CT molecular complexity index is 647. The van der Waals surface area contributed by atoms with Crippen LogP contribution in [0.1, 0.15) is 39.1 Å². The van der Waals surface area contributed by atoms with Crippen LogP contribution in [0.2, 0.25) is 0 Å². The summed E-state index contributed by atoms with van der Waals surface area (Å²) < 4.78 is 5.28. The van der Waals surface area contributed by atoms with E-state index >= 15 is 0 Å². The molecule has 1 aromatic carbocycles. The lowest BCUT2D eigenvalue weighted by molar-refractivity contribution is -0.122. The predicted octanol–water partition coefficient (Wildman–Crippen LogP) is 3.03. The highest BCUT2D eigenvalue weighted by Gasteiger charge is 2.17. The monoisotopic (exact) mass is 316 g/mol. The maximum absolute atomic E-state index is 11.8. The van der Waals surface area contributed by atoms with Gasteiger partial charge in [-0.25, -0.2) is 0 Å². The first-order valence-corrected chi connectivity index (χ1v) is 7.77. The van der Waals surface area contributed by atoms with Crippen LogP contribution < -0.4 is 10.2 Å². The maximum atomic E-state index is 11.8. The SMILES string of the molecule is CC(C)CC(=O)N[C@H](C)c1nc(-c2ccc(N(C)C)cc2)no1. The van der Waals surface area contributed by atoms with Gasteiger partial charge < -0.3 is 14.7 Å². The van der Waals surface area contributed by atoms with Crippen molar-refractivity contribution in [2.75, 3.05) is 19.0 Å². The molecule has 1 N–H and O–H groups in total. The van der Waals surface area contributed by atoms with E-state index in [1.54, 1.807) is 0 Å². The molecular weight excluding hydrogens is 292 g/mol. The quantitative estimate of drug-likeness (QED) is 0.887. The van der Waals surface area contributed by atoms with Crippen LogP contribution in [-0.2, 0) is 4.79 Å². The molecule has 6 heteroatoms. The average Bonchev–Trinajstić information content (AvgIpc) is 2.96. The van der Waals surface area contributed by atoms with E-state index in [4.69, 9.17) is 4.52 Å². The van der Waals surface area contributed by atoms with E-state index in [-0.39, 0.29) is 11.9 Å². The van der Waals surface area contributed by atoms with Gasteiger partial charge in [0.1, 0.15) is 6.04 Å². The molecule has 0 fully saturated rings. The van der Waals surface area contributed by atoms with Gasteiger partial charge in [-0.15, -0.1) is 0 Å². The molecule has 1 amide bonds. The molecule has 6 nitrogen and oxygen atoms in total. The summed E-state index contributed by atoms with van der Waals surface area (Å²) in [4.78, 5) is 18.2. The Kier molecular flexibility index (Phi) is 5.36. The first kappa shape index (κ1) is 17.0. The minimum absolute atomic E-state index is 0.0115. The highest BCUT2D eigenvalue weighted by atomic mass is 16.5.